The summed E-state index contributed by atoms with van der Waals surface area (Å²) in [7, 11) is 0. The van der Waals surface area contributed by atoms with Gasteiger partial charge in [0.2, 0.25) is 11.1 Å². The monoisotopic (exact) mass is 331 g/mol. The Hall–Kier alpha value is -2.02. The molecule has 0 fully saturated rings. The molecule has 1 aromatic carbocycles. The summed E-state index contributed by atoms with van der Waals surface area (Å²) in [5.74, 6) is 6.46. The van der Waals surface area contributed by atoms with Gasteiger partial charge in [0.1, 0.15) is 5.82 Å². The average Bonchev–Trinajstić information content (AvgIpc) is 2.87. The largest absolute Gasteiger partial charge is 0.348 e. The molecule has 3 N–H and O–H groups in total. The molecule has 2 aromatic rings. The van der Waals surface area contributed by atoms with Crippen LogP contribution in [-0.4, -0.2) is 26.0 Å². The fourth-order valence-corrected chi connectivity index (χ4v) is 3.66. The first kappa shape index (κ1) is 15.9. The number of carbonyl (C=O) groups is 1. The van der Waals surface area contributed by atoms with Crippen molar-refractivity contribution in [3.63, 3.8) is 0 Å². The van der Waals surface area contributed by atoms with E-state index in [1.807, 2.05) is 13.0 Å². The predicted octanol–water partition coefficient (Wildman–Crippen LogP) is 1.97. The smallest absolute Gasteiger partial charge is 0.233 e. The van der Waals surface area contributed by atoms with E-state index in [2.05, 4.69) is 33.7 Å². The van der Waals surface area contributed by atoms with Crippen LogP contribution < -0.4 is 11.2 Å². The van der Waals surface area contributed by atoms with E-state index < -0.39 is 0 Å². The normalized spacial score (nSPS) is 18.3. The second-order valence-corrected chi connectivity index (χ2v) is 7.12. The Morgan fingerprint density at radius 3 is 2.96 bits per heavy atom. The highest BCUT2D eigenvalue weighted by atomic mass is 32.2. The maximum atomic E-state index is 12.5. The summed E-state index contributed by atoms with van der Waals surface area (Å²) in [6.45, 7) is 3.64. The van der Waals surface area contributed by atoms with Crippen LogP contribution >= 0.6 is 11.8 Å². The third-order valence-electron chi connectivity index (χ3n) is 4.17. The Morgan fingerprint density at radius 1 is 1.43 bits per heavy atom. The molecule has 0 aliphatic heterocycles. The highest BCUT2D eigenvalue weighted by Gasteiger charge is 2.25. The third-order valence-corrected chi connectivity index (χ3v) is 5.23. The molecule has 3 rings (SSSR count). The van der Waals surface area contributed by atoms with Crippen LogP contribution in [-0.2, 0) is 11.2 Å². The topological polar surface area (TPSA) is 85.8 Å². The number of rotatable bonds is 4. The zero-order valence-electron chi connectivity index (χ0n) is 13.3. The van der Waals surface area contributed by atoms with Crippen LogP contribution in [0.3, 0.4) is 0 Å². The molecule has 2 atom stereocenters. The van der Waals surface area contributed by atoms with Crippen LogP contribution in [0, 0.1) is 6.92 Å². The molecular formula is C16H21N5OS. The lowest BCUT2D eigenvalue weighted by Gasteiger charge is -2.27. The predicted molar refractivity (Wildman–Crippen MR) is 90.5 cm³/mol. The lowest BCUT2D eigenvalue weighted by Crippen LogP contribution is -2.36. The van der Waals surface area contributed by atoms with Crippen molar-refractivity contribution in [2.24, 2.45) is 0 Å². The molecular weight excluding hydrogens is 310 g/mol. The van der Waals surface area contributed by atoms with E-state index in [1.165, 1.54) is 27.6 Å². The molecule has 1 aliphatic rings. The average molecular weight is 331 g/mol. The van der Waals surface area contributed by atoms with Gasteiger partial charge in [-0.3, -0.25) is 4.79 Å². The first-order valence-corrected chi connectivity index (χ1v) is 8.66. The number of hydrogen-bond donors (Lipinski definition) is 2. The number of fused-ring (bicyclic) bond motifs is 1. The van der Waals surface area contributed by atoms with Gasteiger partial charge in [0, 0.05) is 0 Å². The standard InChI is InChI=1S/C16H21N5OS/c1-10(23-16-20-19-11(2)21(16)17)15(22)18-14-9-5-7-12-6-3-4-8-13(12)14/h3-4,6,8,10,14H,5,7,9,17H2,1-2H3,(H,18,22)/t10-,14+/m1/s1. The Morgan fingerprint density at radius 2 is 2.22 bits per heavy atom. The highest BCUT2D eigenvalue weighted by molar-refractivity contribution is 8.00. The van der Waals surface area contributed by atoms with Crippen molar-refractivity contribution >= 4 is 17.7 Å². The molecule has 1 aliphatic carbocycles. The van der Waals surface area contributed by atoms with Crippen molar-refractivity contribution < 1.29 is 4.79 Å². The molecule has 0 bridgehead atoms. The molecule has 0 saturated carbocycles. The van der Waals surface area contributed by atoms with Crippen molar-refractivity contribution in [2.45, 2.75) is 49.6 Å². The molecule has 0 unspecified atom stereocenters. The Kier molecular flexibility index (Phi) is 4.56. The van der Waals surface area contributed by atoms with Gasteiger partial charge in [-0.25, -0.2) is 4.68 Å². The SMILES string of the molecule is Cc1nnc(S[C@H](C)C(=O)N[C@H]2CCCc3ccccc32)n1N. The number of aromatic nitrogens is 3. The van der Waals surface area contributed by atoms with Gasteiger partial charge >= 0.3 is 0 Å². The minimum Gasteiger partial charge on any atom is -0.348 e. The molecule has 6 nitrogen and oxygen atoms in total. The molecule has 0 saturated heterocycles. The van der Waals surface area contributed by atoms with Gasteiger partial charge in [-0.15, -0.1) is 10.2 Å². The number of nitrogens with zero attached hydrogens (tertiary/aromatic N) is 3. The Balaban J connectivity index is 1.66. The molecule has 23 heavy (non-hydrogen) atoms. The van der Waals surface area contributed by atoms with Crippen LogP contribution in [0.15, 0.2) is 29.4 Å². The molecule has 1 heterocycles. The van der Waals surface area contributed by atoms with E-state index in [0.717, 1.165) is 19.3 Å². The maximum absolute atomic E-state index is 12.5. The van der Waals surface area contributed by atoms with Crippen LogP contribution in [0.2, 0.25) is 0 Å². The Bertz CT molecular complexity index is 714. The van der Waals surface area contributed by atoms with E-state index in [0.29, 0.717) is 11.0 Å². The number of benzene rings is 1. The molecule has 1 aromatic heterocycles. The zero-order valence-corrected chi connectivity index (χ0v) is 14.1. The Labute approximate surface area is 139 Å². The van der Waals surface area contributed by atoms with Crippen LogP contribution in [0.25, 0.3) is 0 Å². The summed E-state index contributed by atoms with van der Waals surface area (Å²) in [4.78, 5) is 12.5. The van der Waals surface area contributed by atoms with Gasteiger partial charge in [-0.2, -0.15) is 0 Å². The van der Waals surface area contributed by atoms with Gasteiger partial charge in [0.25, 0.3) is 0 Å². The molecule has 1 amide bonds. The fourth-order valence-electron chi connectivity index (χ4n) is 2.83. The second-order valence-electron chi connectivity index (χ2n) is 5.81. The zero-order chi connectivity index (χ0) is 16.4. The number of amides is 1. The summed E-state index contributed by atoms with van der Waals surface area (Å²) < 4.78 is 1.41. The van der Waals surface area contributed by atoms with E-state index >= 15 is 0 Å². The van der Waals surface area contributed by atoms with Gasteiger partial charge in [0.05, 0.1) is 11.3 Å². The van der Waals surface area contributed by atoms with Crippen LogP contribution in [0.5, 0.6) is 0 Å². The number of thioether (sulfide) groups is 1. The molecule has 122 valence electrons. The summed E-state index contributed by atoms with van der Waals surface area (Å²) >= 11 is 1.32. The third kappa shape index (κ3) is 3.34. The number of nitrogens with one attached hydrogen (secondary N) is 1. The van der Waals surface area contributed by atoms with Gasteiger partial charge in [-0.1, -0.05) is 36.0 Å². The van der Waals surface area contributed by atoms with E-state index in [1.54, 1.807) is 6.92 Å². The van der Waals surface area contributed by atoms with Gasteiger partial charge < -0.3 is 11.2 Å². The summed E-state index contributed by atoms with van der Waals surface area (Å²) in [5, 5.41) is 11.3. The number of nitrogen functional groups attached to an aromatic ring is 1. The minimum atomic E-state index is -0.282. The number of nitrogens with two attached hydrogens (primary N) is 1. The lowest BCUT2D eigenvalue weighted by molar-refractivity contribution is -0.121. The minimum absolute atomic E-state index is 0.00245. The van der Waals surface area contributed by atoms with Crippen LogP contribution in [0.4, 0.5) is 0 Å². The summed E-state index contributed by atoms with van der Waals surface area (Å²) in [6, 6.07) is 8.43. The maximum Gasteiger partial charge on any atom is 0.233 e. The van der Waals surface area contributed by atoms with Crippen molar-refractivity contribution in [1.82, 2.24) is 20.2 Å². The van der Waals surface area contributed by atoms with Crippen LogP contribution in [0.1, 0.15) is 42.8 Å². The molecule has 0 radical (unpaired) electrons. The van der Waals surface area contributed by atoms with E-state index in [9.17, 15) is 4.79 Å². The van der Waals surface area contributed by atoms with E-state index in [-0.39, 0.29) is 17.2 Å². The first-order valence-electron chi connectivity index (χ1n) is 7.78. The van der Waals surface area contributed by atoms with Crippen molar-refractivity contribution in [3.8, 4) is 0 Å². The number of aryl methyl sites for hydroxylation is 2. The quantitative estimate of drug-likeness (QED) is 0.661. The van der Waals surface area contributed by atoms with Gasteiger partial charge in [-0.05, 0) is 44.2 Å². The molecule has 7 heteroatoms. The summed E-state index contributed by atoms with van der Waals surface area (Å²) in [6.07, 6.45) is 3.16. The van der Waals surface area contributed by atoms with Crippen molar-refractivity contribution in [2.75, 3.05) is 5.84 Å². The number of carbonyl (C=O) groups excluding carboxylic acids is 1. The van der Waals surface area contributed by atoms with Crippen molar-refractivity contribution in [3.05, 3.63) is 41.2 Å². The summed E-state index contributed by atoms with van der Waals surface area (Å²) in [5.41, 5.74) is 2.57. The fraction of sp³-hybridized carbons (Fsp3) is 0.438. The highest BCUT2D eigenvalue weighted by Crippen LogP contribution is 2.30. The van der Waals surface area contributed by atoms with Crippen molar-refractivity contribution in [1.29, 1.82) is 0 Å². The number of hydrogen-bond acceptors (Lipinski definition) is 5. The molecule has 0 spiro atoms. The first-order chi connectivity index (χ1) is 11.1. The lowest BCUT2D eigenvalue weighted by atomic mass is 9.88. The van der Waals surface area contributed by atoms with Gasteiger partial charge in [0.15, 0.2) is 0 Å². The van der Waals surface area contributed by atoms with E-state index in [4.69, 9.17) is 5.84 Å². The second kappa shape index (κ2) is 6.62.